The number of benzene rings is 2. The van der Waals surface area contributed by atoms with E-state index in [4.69, 9.17) is 4.99 Å². The Labute approximate surface area is 217 Å². The normalized spacial score (nSPS) is 20.9. The van der Waals surface area contributed by atoms with E-state index >= 15 is 0 Å². The summed E-state index contributed by atoms with van der Waals surface area (Å²) in [6.45, 7) is 6.58. The van der Waals surface area contributed by atoms with Gasteiger partial charge in [0.25, 0.3) is 0 Å². The Morgan fingerprint density at radius 3 is 2.03 bits per heavy atom. The highest BCUT2D eigenvalue weighted by atomic mass is 19.1. The lowest BCUT2D eigenvalue weighted by molar-refractivity contribution is 0.171. The maximum atomic E-state index is 13.5. The highest BCUT2D eigenvalue weighted by Crippen LogP contribution is 2.30. The smallest absolute Gasteiger partial charge is 0.130 e. The lowest BCUT2D eigenvalue weighted by Gasteiger charge is -2.41. The molecule has 0 bridgehead atoms. The third kappa shape index (κ3) is 6.07. The molecular weight excluding hydrogens is 470 g/mol. The minimum Gasteiger partial charge on any atom is -0.356 e. The van der Waals surface area contributed by atoms with E-state index < -0.39 is 0 Å². The van der Waals surface area contributed by atoms with E-state index in [9.17, 15) is 13.6 Å². The van der Waals surface area contributed by atoms with Crippen LogP contribution in [0.3, 0.4) is 0 Å². The molecule has 5 nitrogen and oxygen atoms in total. The number of aliphatic imine (C=N–C) groups is 1. The van der Waals surface area contributed by atoms with Crippen LogP contribution in [0.4, 0.5) is 8.78 Å². The summed E-state index contributed by atoms with van der Waals surface area (Å²) in [7, 11) is 0. The first-order valence-electron chi connectivity index (χ1n) is 13.3. The number of piperazine rings is 1. The van der Waals surface area contributed by atoms with Crippen LogP contribution in [0, 0.1) is 11.6 Å². The highest BCUT2D eigenvalue weighted by Gasteiger charge is 2.35. The molecule has 194 valence electrons. The lowest BCUT2D eigenvalue weighted by Crippen LogP contribution is -2.55. The van der Waals surface area contributed by atoms with Gasteiger partial charge >= 0.3 is 0 Å². The summed E-state index contributed by atoms with van der Waals surface area (Å²) >= 11 is 0. The molecule has 37 heavy (non-hydrogen) atoms. The summed E-state index contributed by atoms with van der Waals surface area (Å²) in [5.74, 6) is 2.74. The second-order valence-corrected chi connectivity index (χ2v) is 10.1. The molecule has 0 amide bonds. The van der Waals surface area contributed by atoms with Crippen molar-refractivity contribution >= 4 is 11.8 Å². The molecule has 0 saturated carbocycles. The predicted octanol–water partition coefficient (Wildman–Crippen LogP) is 4.64. The molecule has 5 rings (SSSR count). The summed E-state index contributed by atoms with van der Waals surface area (Å²) in [5.41, 5.74) is 2.78. The van der Waals surface area contributed by atoms with Gasteiger partial charge in [-0.05, 0) is 86.8 Å². The minimum absolute atomic E-state index is 0.0799. The van der Waals surface area contributed by atoms with Crippen LogP contribution in [-0.2, 0) is 4.79 Å². The third-order valence-corrected chi connectivity index (χ3v) is 7.83. The largest absolute Gasteiger partial charge is 0.356 e. The van der Waals surface area contributed by atoms with Gasteiger partial charge in [-0.1, -0.05) is 24.3 Å². The summed E-state index contributed by atoms with van der Waals surface area (Å²) in [6, 6.07) is 13.2. The van der Waals surface area contributed by atoms with Crippen molar-refractivity contribution in [3.63, 3.8) is 0 Å². The van der Waals surface area contributed by atoms with E-state index in [1.807, 2.05) is 24.3 Å². The van der Waals surface area contributed by atoms with Crippen LogP contribution in [0.2, 0.25) is 0 Å². The summed E-state index contributed by atoms with van der Waals surface area (Å²) in [5, 5.41) is 0. The number of hydrogen-bond acceptors (Lipinski definition) is 5. The average Bonchev–Trinajstić information content (AvgIpc) is 3.47. The van der Waals surface area contributed by atoms with Gasteiger partial charge in [0.2, 0.25) is 0 Å². The molecule has 0 aliphatic carbocycles. The van der Waals surface area contributed by atoms with Crippen molar-refractivity contribution in [1.82, 2.24) is 14.7 Å². The molecule has 2 saturated heterocycles. The maximum Gasteiger partial charge on any atom is 0.130 e. The molecule has 2 fully saturated rings. The van der Waals surface area contributed by atoms with E-state index in [1.54, 1.807) is 12.3 Å². The van der Waals surface area contributed by atoms with Crippen molar-refractivity contribution in [3.05, 3.63) is 89.1 Å². The first kappa shape index (κ1) is 25.5. The van der Waals surface area contributed by atoms with E-state index in [-0.39, 0.29) is 23.6 Å². The fourth-order valence-corrected chi connectivity index (χ4v) is 5.83. The fraction of sp³-hybridized carbons (Fsp3) is 0.433. The Bertz CT molecular complexity index is 1110. The quantitative estimate of drug-likeness (QED) is 0.515. The molecule has 7 heteroatoms. The maximum absolute atomic E-state index is 13.5. The molecular formula is C30H34F2N4O. The topological polar surface area (TPSA) is 39.2 Å². The first-order chi connectivity index (χ1) is 18.1. The van der Waals surface area contributed by atoms with Crippen LogP contribution in [0.1, 0.15) is 42.7 Å². The zero-order chi connectivity index (χ0) is 25.6. The van der Waals surface area contributed by atoms with Crippen molar-refractivity contribution in [3.8, 4) is 0 Å². The van der Waals surface area contributed by atoms with Crippen LogP contribution in [0.5, 0.6) is 0 Å². The number of amidine groups is 1. The molecule has 0 aromatic heterocycles. The Morgan fingerprint density at radius 1 is 0.865 bits per heavy atom. The van der Waals surface area contributed by atoms with E-state index in [1.165, 1.54) is 24.3 Å². The first-order valence-corrected chi connectivity index (χ1v) is 13.3. The Hall–Kier alpha value is -3.12. The molecule has 2 aromatic rings. The minimum atomic E-state index is -0.250. The van der Waals surface area contributed by atoms with Crippen LogP contribution in [0.15, 0.2) is 71.4 Å². The molecule has 1 unspecified atom stereocenters. The van der Waals surface area contributed by atoms with Crippen LogP contribution in [0.25, 0.3) is 0 Å². The van der Waals surface area contributed by atoms with Gasteiger partial charge in [-0.25, -0.2) is 18.6 Å². The van der Waals surface area contributed by atoms with E-state index in [2.05, 4.69) is 20.6 Å². The van der Waals surface area contributed by atoms with Crippen molar-refractivity contribution in [2.45, 2.75) is 37.6 Å². The lowest BCUT2D eigenvalue weighted by atomic mass is 9.87. The van der Waals surface area contributed by atoms with Gasteiger partial charge in [0, 0.05) is 38.3 Å². The second-order valence-electron chi connectivity index (χ2n) is 10.1. The molecule has 3 aliphatic rings. The van der Waals surface area contributed by atoms with Gasteiger partial charge in [-0.3, -0.25) is 9.80 Å². The molecule has 0 N–H and O–H groups in total. The average molecular weight is 505 g/mol. The Balaban J connectivity index is 1.18. The van der Waals surface area contributed by atoms with E-state index in [0.29, 0.717) is 5.57 Å². The fourth-order valence-electron chi connectivity index (χ4n) is 5.83. The van der Waals surface area contributed by atoms with Crippen LogP contribution >= 0.6 is 0 Å². The van der Waals surface area contributed by atoms with Crippen molar-refractivity contribution in [2.24, 2.45) is 4.99 Å². The highest BCUT2D eigenvalue weighted by molar-refractivity contribution is 5.95. The molecule has 3 aliphatic heterocycles. The Kier molecular flexibility index (Phi) is 8.24. The van der Waals surface area contributed by atoms with Crippen LogP contribution in [-0.4, -0.2) is 78.3 Å². The van der Waals surface area contributed by atoms with Gasteiger partial charge in [-0.2, -0.15) is 0 Å². The zero-order valence-electron chi connectivity index (χ0n) is 21.2. The number of hydrogen-bond donors (Lipinski definition) is 0. The van der Waals surface area contributed by atoms with Gasteiger partial charge in [0.1, 0.15) is 29.5 Å². The monoisotopic (exact) mass is 504 g/mol. The van der Waals surface area contributed by atoms with Crippen LogP contribution < -0.4 is 0 Å². The second kappa shape index (κ2) is 12.0. The van der Waals surface area contributed by atoms with Crippen molar-refractivity contribution in [1.29, 1.82) is 0 Å². The van der Waals surface area contributed by atoms with Gasteiger partial charge < -0.3 is 4.90 Å². The SMILES string of the molecule is O=C=C1C=CN=C(N2CCN(CCCC(c3ccc(F)cc3)c3ccc(F)cc3)CC2)C1N1CCCC1. The molecule has 0 radical (unpaired) electrons. The van der Waals surface area contributed by atoms with Crippen molar-refractivity contribution < 1.29 is 13.6 Å². The number of nitrogens with zero attached hydrogens (tertiary/aromatic N) is 4. The van der Waals surface area contributed by atoms with Gasteiger partial charge in [0.05, 0.1) is 5.57 Å². The summed E-state index contributed by atoms with van der Waals surface area (Å²) in [6.07, 6.45) is 7.74. The third-order valence-electron chi connectivity index (χ3n) is 7.83. The summed E-state index contributed by atoms with van der Waals surface area (Å²) in [4.78, 5) is 23.5. The molecule has 3 heterocycles. The standard InChI is InChI=1S/C30H34F2N4O/c31-26-9-5-23(6-10-26)28(24-7-11-27(32)12-8-24)4-3-15-34-18-20-36(21-19-34)30-29(35-16-1-2-17-35)25(22-37)13-14-33-30/h5-14,28-29H,1-4,15-21H2. The number of rotatable bonds is 7. The van der Waals surface area contributed by atoms with Gasteiger partial charge in [0.15, 0.2) is 0 Å². The number of carbonyl (C=O) groups excluding carboxylic acids is 1. The van der Waals surface area contributed by atoms with Crippen molar-refractivity contribution in [2.75, 3.05) is 45.8 Å². The summed E-state index contributed by atoms with van der Waals surface area (Å²) < 4.78 is 27.0. The van der Waals surface area contributed by atoms with Gasteiger partial charge in [-0.15, -0.1) is 0 Å². The molecule has 2 aromatic carbocycles. The predicted molar refractivity (Wildman–Crippen MR) is 142 cm³/mol. The number of likely N-dealkylation sites (tertiary alicyclic amines) is 1. The zero-order valence-corrected chi connectivity index (χ0v) is 21.2. The number of halogens is 2. The molecule has 0 spiro atoms. The Morgan fingerprint density at radius 2 is 1.46 bits per heavy atom. The molecule has 1 atom stereocenters. The van der Waals surface area contributed by atoms with E-state index in [0.717, 1.165) is 88.5 Å².